The molecule has 1 aliphatic rings. The third-order valence-electron chi connectivity index (χ3n) is 4.53. The molecule has 0 saturated carbocycles. The molecule has 0 spiro atoms. The highest BCUT2D eigenvalue weighted by Gasteiger charge is 2.23. The van der Waals surface area contributed by atoms with Crippen molar-refractivity contribution in [3.63, 3.8) is 0 Å². The van der Waals surface area contributed by atoms with Gasteiger partial charge in [-0.1, -0.05) is 18.2 Å². The first-order valence-electron chi connectivity index (χ1n) is 8.54. The number of benzene rings is 1. The first-order valence-corrected chi connectivity index (χ1v) is 8.54. The molecule has 0 radical (unpaired) electrons. The Morgan fingerprint density at radius 2 is 2.00 bits per heavy atom. The number of para-hydroxylation sites is 1. The summed E-state index contributed by atoms with van der Waals surface area (Å²) in [7, 11) is 1.62. The number of aliphatic hydroxyl groups is 1. The van der Waals surface area contributed by atoms with E-state index in [1.165, 1.54) is 0 Å². The lowest BCUT2D eigenvalue weighted by atomic mass is 10.1. The fourth-order valence-corrected chi connectivity index (χ4v) is 3.26. The van der Waals surface area contributed by atoms with Crippen LogP contribution >= 0.6 is 0 Å². The van der Waals surface area contributed by atoms with Crippen LogP contribution in [0.15, 0.2) is 24.5 Å². The number of β-amino-alcohol motifs (C(OH)–C–C–N with tert-alkyl or cyclic N) is 1. The molecule has 0 fully saturated rings. The van der Waals surface area contributed by atoms with Crippen LogP contribution in [0.4, 0.5) is 0 Å². The van der Waals surface area contributed by atoms with Crippen molar-refractivity contribution >= 4 is 0 Å². The number of hydrogen-bond donors (Lipinski definition) is 1. The van der Waals surface area contributed by atoms with Crippen molar-refractivity contribution in [2.24, 2.45) is 0 Å². The van der Waals surface area contributed by atoms with Crippen LogP contribution in [-0.4, -0.2) is 52.9 Å². The van der Waals surface area contributed by atoms with Gasteiger partial charge in [-0.2, -0.15) is 0 Å². The molecule has 0 aliphatic carbocycles. The molecule has 0 bridgehead atoms. The van der Waals surface area contributed by atoms with Crippen molar-refractivity contribution in [3.05, 3.63) is 46.9 Å². The summed E-state index contributed by atoms with van der Waals surface area (Å²) in [4.78, 5) is 10.7. The zero-order valence-electron chi connectivity index (χ0n) is 15.0. The lowest BCUT2D eigenvalue weighted by Crippen LogP contribution is -2.39. The molecule has 6 nitrogen and oxygen atoms in total. The number of fused-ring (bicyclic) bond motifs is 1. The standard InChI is InChI=1S/C19H25N3O3/c1-13-5-4-6-14(2)18(13)25-11-15(23)9-22-8-7-17-16(10-22)19(24-3)21-12-20-17/h4-6,12,15,23H,7-11H2,1-3H3/t15-/m0/s1. The van der Waals surface area contributed by atoms with E-state index in [1.54, 1.807) is 13.4 Å². The van der Waals surface area contributed by atoms with E-state index in [2.05, 4.69) is 14.9 Å². The molecule has 1 aromatic carbocycles. The van der Waals surface area contributed by atoms with Gasteiger partial charge in [0.15, 0.2) is 0 Å². The number of hydrogen-bond acceptors (Lipinski definition) is 6. The van der Waals surface area contributed by atoms with Crippen molar-refractivity contribution < 1.29 is 14.6 Å². The Balaban J connectivity index is 1.58. The molecule has 0 unspecified atom stereocenters. The van der Waals surface area contributed by atoms with Gasteiger partial charge in [0.05, 0.1) is 12.8 Å². The number of nitrogens with zero attached hydrogens (tertiary/aromatic N) is 3. The maximum Gasteiger partial charge on any atom is 0.220 e. The summed E-state index contributed by atoms with van der Waals surface area (Å²) in [5.41, 5.74) is 4.21. The summed E-state index contributed by atoms with van der Waals surface area (Å²) in [6.45, 7) is 6.39. The van der Waals surface area contributed by atoms with Gasteiger partial charge in [0.25, 0.3) is 0 Å². The van der Waals surface area contributed by atoms with E-state index in [9.17, 15) is 5.11 Å². The predicted molar refractivity (Wildman–Crippen MR) is 95.0 cm³/mol. The number of aryl methyl sites for hydroxylation is 2. The van der Waals surface area contributed by atoms with Crippen LogP contribution < -0.4 is 9.47 Å². The molecule has 1 aliphatic heterocycles. The average molecular weight is 343 g/mol. The third kappa shape index (κ3) is 4.08. The first-order chi connectivity index (χ1) is 12.1. The Bertz CT molecular complexity index is 701. The van der Waals surface area contributed by atoms with Crippen molar-refractivity contribution in [1.29, 1.82) is 0 Å². The fraction of sp³-hybridized carbons (Fsp3) is 0.474. The van der Waals surface area contributed by atoms with Crippen molar-refractivity contribution in [2.75, 3.05) is 26.8 Å². The van der Waals surface area contributed by atoms with Gasteiger partial charge in [0, 0.05) is 31.6 Å². The molecule has 134 valence electrons. The molecule has 25 heavy (non-hydrogen) atoms. The maximum atomic E-state index is 10.4. The molecule has 3 rings (SSSR count). The molecular weight excluding hydrogens is 318 g/mol. The highest BCUT2D eigenvalue weighted by Crippen LogP contribution is 2.25. The van der Waals surface area contributed by atoms with Crippen LogP contribution in [-0.2, 0) is 13.0 Å². The van der Waals surface area contributed by atoms with E-state index in [4.69, 9.17) is 9.47 Å². The minimum atomic E-state index is -0.559. The van der Waals surface area contributed by atoms with E-state index in [0.717, 1.165) is 41.1 Å². The lowest BCUT2D eigenvalue weighted by molar-refractivity contribution is 0.0626. The first kappa shape index (κ1) is 17.6. The van der Waals surface area contributed by atoms with Gasteiger partial charge in [-0.05, 0) is 25.0 Å². The second kappa shape index (κ2) is 7.80. The van der Waals surface area contributed by atoms with Crippen LogP contribution in [0.3, 0.4) is 0 Å². The molecule has 1 atom stereocenters. The van der Waals surface area contributed by atoms with E-state index in [0.29, 0.717) is 19.0 Å². The van der Waals surface area contributed by atoms with E-state index < -0.39 is 6.10 Å². The normalized spacial score (nSPS) is 15.5. The summed E-state index contributed by atoms with van der Waals surface area (Å²) >= 11 is 0. The van der Waals surface area contributed by atoms with Gasteiger partial charge >= 0.3 is 0 Å². The number of ether oxygens (including phenoxy) is 2. The van der Waals surface area contributed by atoms with Crippen molar-refractivity contribution in [1.82, 2.24) is 14.9 Å². The molecular formula is C19H25N3O3. The van der Waals surface area contributed by atoms with E-state index in [1.807, 2.05) is 32.0 Å². The number of aliphatic hydroxyl groups excluding tert-OH is 1. The average Bonchev–Trinajstić information content (AvgIpc) is 2.60. The monoisotopic (exact) mass is 343 g/mol. The Morgan fingerprint density at radius 3 is 2.72 bits per heavy atom. The van der Waals surface area contributed by atoms with Gasteiger partial charge in [0.1, 0.15) is 24.8 Å². The van der Waals surface area contributed by atoms with E-state index in [-0.39, 0.29) is 6.61 Å². The van der Waals surface area contributed by atoms with E-state index >= 15 is 0 Å². The smallest absolute Gasteiger partial charge is 0.220 e. The Hall–Kier alpha value is -2.18. The molecule has 2 heterocycles. The Kier molecular flexibility index (Phi) is 5.50. The molecule has 6 heteroatoms. The zero-order valence-corrected chi connectivity index (χ0v) is 15.0. The number of aromatic nitrogens is 2. The van der Waals surface area contributed by atoms with Crippen LogP contribution in [0.5, 0.6) is 11.6 Å². The van der Waals surface area contributed by atoms with Crippen LogP contribution in [0.25, 0.3) is 0 Å². The summed E-state index contributed by atoms with van der Waals surface area (Å²) in [5, 5.41) is 10.4. The molecule has 0 amide bonds. The highest BCUT2D eigenvalue weighted by atomic mass is 16.5. The van der Waals surface area contributed by atoms with Gasteiger partial charge in [-0.25, -0.2) is 9.97 Å². The second-order valence-electron chi connectivity index (χ2n) is 6.48. The van der Waals surface area contributed by atoms with Gasteiger partial charge in [-0.3, -0.25) is 4.90 Å². The van der Waals surface area contributed by atoms with Crippen molar-refractivity contribution in [3.8, 4) is 11.6 Å². The molecule has 2 aromatic rings. The highest BCUT2D eigenvalue weighted by molar-refractivity contribution is 5.39. The fourth-order valence-electron chi connectivity index (χ4n) is 3.26. The SMILES string of the molecule is COc1ncnc2c1CN(C[C@H](O)COc1c(C)cccc1C)CC2. The Morgan fingerprint density at radius 1 is 1.24 bits per heavy atom. The lowest BCUT2D eigenvalue weighted by Gasteiger charge is -2.30. The van der Waals surface area contributed by atoms with Crippen LogP contribution in [0, 0.1) is 13.8 Å². The van der Waals surface area contributed by atoms with Gasteiger partial charge in [0.2, 0.25) is 5.88 Å². The van der Waals surface area contributed by atoms with Gasteiger partial charge < -0.3 is 14.6 Å². The molecule has 0 saturated heterocycles. The zero-order chi connectivity index (χ0) is 17.8. The van der Waals surface area contributed by atoms with Crippen molar-refractivity contribution in [2.45, 2.75) is 32.9 Å². The number of rotatable bonds is 6. The van der Waals surface area contributed by atoms with Crippen LogP contribution in [0.1, 0.15) is 22.4 Å². The third-order valence-corrected chi connectivity index (χ3v) is 4.53. The maximum absolute atomic E-state index is 10.4. The predicted octanol–water partition coefficient (Wildman–Crippen LogP) is 1.90. The summed E-state index contributed by atoms with van der Waals surface area (Å²) in [6.07, 6.45) is 1.82. The summed E-state index contributed by atoms with van der Waals surface area (Å²) < 4.78 is 11.2. The topological polar surface area (TPSA) is 67.7 Å². The molecule has 1 aromatic heterocycles. The summed E-state index contributed by atoms with van der Waals surface area (Å²) in [6, 6.07) is 6.04. The largest absolute Gasteiger partial charge is 0.490 e. The van der Waals surface area contributed by atoms with Crippen LogP contribution in [0.2, 0.25) is 0 Å². The quantitative estimate of drug-likeness (QED) is 0.864. The minimum absolute atomic E-state index is 0.275. The molecule has 1 N–H and O–H groups in total. The number of methoxy groups -OCH3 is 1. The van der Waals surface area contributed by atoms with Gasteiger partial charge in [-0.15, -0.1) is 0 Å². The second-order valence-corrected chi connectivity index (χ2v) is 6.48. The summed E-state index contributed by atoms with van der Waals surface area (Å²) in [5.74, 6) is 1.48. The minimum Gasteiger partial charge on any atom is -0.490 e. The Labute approximate surface area is 148 Å².